The van der Waals surface area contributed by atoms with E-state index in [-0.39, 0.29) is 11.3 Å². The Labute approximate surface area is 315 Å². The molecule has 0 aliphatic heterocycles. The third kappa shape index (κ3) is 17.3. The van der Waals surface area contributed by atoms with Gasteiger partial charge in [-0.1, -0.05) is 166 Å². The van der Waals surface area contributed by atoms with Crippen LogP contribution in [0.1, 0.15) is 170 Å². The average Bonchev–Trinajstić information content (AvgIpc) is 3.17. The Morgan fingerprint density at radius 1 is 0.615 bits per heavy atom. The van der Waals surface area contributed by atoms with E-state index < -0.39 is 4.92 Å². The van der Waals surface area contributed by atoms with Crippen LogP contribution < -0.4 is 4.90 Å². The van der Waals surface area contributed by atoms with Crippen LogP contribution in [0.2, 0.25) is 0 Å². The lowest BCUT2D eigenvalue weighted by atomic mass is 10.1. The van der Waals surface area contributed by atoms with Crippen LogP contribution in [-0.2, 0) is 0 Å². The van der Waals surface area contributed by atoms with E-state index in [0.717, 1.165) is 29.9 Å². The number of rotatable bonds is 28. The van der Waals surface area contributed by atoms with Crippen molar-refractivity contribution in [2.45, 2.75) is 142 Å². The molecule has 3 aromatic rings. The molecule has 0 radical (unpaired) electrons. The van der Waals surface area contributed by atoms with Crippen LogP contribution >= 0.6 is 0 Å². The molecule has 52 heavy (non-hydrogen) atoms. The maximum absolute atomic E-state index is 11.1. The molecule has 0 bridgehead atoms. The summed E-state index contributed by atoms with van der Waals surface area (Å²) in [5.41, 5.74) is 4.84. The van der Waals surface area contributed by atoms with Gasteiger partial charge in [0.25, 0.3) is 5.69 Å². The van der Waals surface area contributed by atoms with E-state index in [9.17, 15) is 15.4 Å². The van der Waals surface area contributed by atoms with Crippen molar-refractivity contribution in [3.8, 4) is 6.07 Å². The number of nitro groups is 1. The third-order valence-corrected chi connectivity index (χ3v) is 9.88. The molecule has 1 aromatic heterocycles. The monoisotopic (exact) mass is 705 g/mol. The largest absolute Gasteiger partial charge is 0.372 e. The molecule has 0 amide bonds. The Kier molecular flexibility index (Phi) is 21.5. The first-order valence-corrected chi connectivity index (χ1v) is 20.4. The zero-order valence-corrected chi connectivity index (χ0v) is 32.2. The number of anilines is 1. The van der Waals surface area contributed by atoms with Gasteiger partial charge in [0.05, 0.1) is 10.6 Å². The highest BCUT2D eigenvalue weighted by Gasteiger charge is 2.13. The molecule has 0 N–H and O–H groups in total. The molecule has 6 nitrogen and oxygen atoms in total. The molecular formula is C46H64N4O2. The van der Waals surface area contributed by atoms with E-state index in [2.05, 4.69) is 60.1 Å². The van der Waals surface area contributed by atoms with Gasteiger partial charge in [-0.05, 0) is 65.9 Å². The fraction of sp³-hybridized carbons (Fsp3) is 0.522. The van der Waals surface area contributed by atoms with Crippen molar-refractivity contribution in [2.75, 3.05) is 18.0 Å². The van der Waals surface area contributed by atoms with Crippen LogP contribution in [0.3, 0.4) is 0 Å². The first-order valence-electron chi connectivity index (χ1n) is 20.4. The van der Waals surface area contributed by atoms with Crippen molar-refractivity contribution in [1.29, 1.82) is 5.26 Å². The summed E-state index contributed by atoms with van der Waals surface area (Å²) in [7, 11) is 0. The van der Waals surface area contributed by atoms with Crippen molar-refractivity contribution in [3.05, 3.63) is 98.9 Å². The van der Waals surface area contributed by atoms with Gasteiger partial charge in [-0.15, -0.1) is 0 Å². The maximum atomic E-state index is 11.1. The zero-order chi connectivity index (χ0) is 37.1. The molecule has 2 aromatic carbocycles. The van der Waals surface area contributed by atoms with Crippen LogP contribution in [0.4, 0.5) is 11.4 Å². The van der Waals surface area contributed by atoms with Crippen LogP contribution in [0.5, 0.6) is 0 Å². The van der Waals surface area contributed by atoms with Crippen LogP contribution in [-0.4, -0.2) is 23.0 Å². The molecule has 0 aliphatic carbocycles. The lowest BCUT2D eigenvalue weighted by Crippen LogP contribution is -2.25. The first kappa shape index (κ1) is 42.2. The highest BCUT2D eigenvalue weighted by Crippen LogP contribution is 2.22. The van der Waals surface area contributed by atoms with Gasteiger partial charge in [-0.3, -0.25) is 15.1 Å². The van der Waals surface area contributed by atoms with Crippen LogP contribution in [0.25, 0.3) is 24.3 Å². The molecule has 0 fully saturated rings. The van der Waals surface area contributed by atoms with E-state index in [1.54, 1.807) is 12.1 Å². The summed E-state index contributed by atoms with van der Waals surface area (Å²) in [6, 6.07) is 19.4. The molecule has 6 heteroatoms. The molecule has 0 saturated carbocycles. The third-order valence-electron chi connectivity index (χ3n) is 9.88. The van der Waals surface area contributed by atoms with E-state index >= 15 is 0 Å². The van der Waals surface area contributed by atoms with Crippen molar-refractivity contribution < 1.29 is 4.92 Å². The second kappa shape index (κ2) is 26.5. The number of hydrogen-bond donors (Lipinski definition) is 0. The molecule has 280 valence electrons. The number of unbranched alkanes of at least 4 members (excludes halogenated alkanes) is 18. The molecule has 0 unspecified atom stereocenters. The minimum absolute atomic E-state index is 0.0458. The molecule has 0 saturated heterocycles. The minimum atomic E-state index is -0.539. The second-order valence-electron chi connectivity index (χ2n) is 14.3. The van der Waals surface area contributed by atoms with Gasteiger partial charge in [-0.25, -0.2) is 0 Å². The first-order chi connectivity index (χ1) is 25.5. The summed E-state index contributed by atoms with van der Waals surface area (Å²) in [6.07, 6.45) is 37.0. The normalized spacial score (nSPS) is 11.4. The van der Waals surface area contributed by atoms with E-state index in [1.165, 1.54) is 146 Å². The number of pyridine rings is 1. The lowest BCUT2D eigenvalue weighted by molar-refractivity contribution is -0.385. The summed E-state index contributed by atoms with van der Waals surface area (Å²) in [5.74, 6) is 0. The molecule has 0 atom stereocenters. The van der Waals surface area contributed by atoms with Crippen molar-refractivity contribution in [1.82, 2.24) is 4.98 Å². The van der Waals surface area contributed by atoms with Gasteiger partial charge in [0.15, 0.2) is 0 Å². The Morgan fingerprint density at radius 2 is 1.08 bits per heavy atom. The van der Waals surface area contributed by atoms with Crippen molar-refractivity contribution >= 4 is 35.7 Å². The number of nitrogens with zero attached hydrogens (tertiary/aromatic N) is 4. The molecular weight excluding hydrogens is 641 g/mol. The zero-order valence-electron chi connectivity index (χ0n) is 32.2. The fourth-order valence-corrected chi connectivity index (χ4v) is 6.64. The van der Waals surface area contributed by atoms with Gasteiger partial charge in [-0.2, -0.15) is 5.26 Å². The topological polar surface area (TPSA) is 83.1 Å². The molecule has 3 rings (SSSR count). The van der Waals surface area contributed by atoms with Crippen molar-refractivity contribution in [3.63, 3.8) is 0 Å². The van der Waals surface area contributed by atoms with E-state index in [1.807, 2.05) is 30.5 Å². The Morgan fingerprint density at radius 3 is 1.56 bits per heavy atom. The summed E-state index contributed by atoms with van der Waals surface area (Å²) >= 11 is 0. The standard InChI is InChI=1S/C46H64N4O2/c1-3-5-7-9-11-13-15-17-19-21-35-49(36-22-20-18-16-14-12-10-8-6-4-2)45-32-27-40(28-33-45)23-24-42-26-31-44(48-39-42)30-25-41-29-34-46(50(51)52)43(37-41)38-47/h23-34,37,39H,3-22,35-36H2,1-2H3/b24-23+,30-25+. The highest BCUT2D eigenvalue weighted by atomic mass is 16.6. The molecule has 0 aliphatic rings. The summed E-state index contributed by atoms with van der Waals surface area (Å²) < 4.78 is 0. The number of nitro benzene ring substituents is 1. The average molecular weight is 705 g/mol. The predicted octanol–water partition coefficient (Wildman–Crippen LogP) is 13.9. The van der Waals surface area contributed by atoms with Gasteiger partial charge in [0.2, 0.25) is 0 Å². The fourth-order valence-electron chi connectivity index (χ4n) is 6.64. The van der Waals surface area contributed by atoms with Gasteiger partial charge in [0.1, 0.15) is 11.6 Å². The number of benzene rings is 2. The highest BCUT2D eigenvalue weighted by molar-refractivity contribution is 5.72. The number of nitriles is 1. The Balaban J connectivity index is 1.50. The van der Waals surface area contributed by atoms with Gasteiger partial charge >= 0.3 is 0 Å². The molecule has 0 spiro atoms. The van der Waals surface area contributed by atoms with E-state index in [0.29, 0.717) is 5.56 Å². The van der Waals surface area contributed by atoms with Gasteiger partial charge < -0.3 is 4.90 Å². The SMILES string of the molecule is CCCCCCCCCCCCN(CCCCCCCCCCCC)c1ccc(/C=C/c2ccc(/C=C/c3ccc([N+](=O)[O-])c(C#N)c3)nc2)cc1. The quantitative estimate of drug-likeness (QED) is 0.0427. The maximum Gasteiger partial charge on any atom is 0.287 e. The van der Waals surface area contributed by atoms with E-state index in [4.69, 9.17) is 0 Å². The predicted molar refractivity (Wildman–Crippen MR) is 222 cm³/mol. The second-order valence-corrected chi connectivity index (χ2v) is 14.3. The summed E-state index contributed by atoms with van der Waals surface area (Å²) in [5, 5.41) is 20.3. The van der Waals surface area contributed by atoms with Gasteiger partial charge in [0, 0.05) is 31.0 Å². The summed E-state index contributed by atoms with van der Waals surface area (Å²) in [4.78, 5) is 17.7. The van der Waals surface area contributed by atoms with Crippen LogP contribution in [0, 0.1) is 21.4 Å². The smallest absolute Gasteiger partial charge is 0.287 e. The van der Waals surface area contributed by atoms with Crippen LogP contribution in [0.15, 0.2) is 60.8 Å². The number of aromatic nitrogens is 1. The number of hydrogen-bond acceptors (Lipinski definition) is 5. The lowest BCUT2D eigenvalue weighted by Gasteiger charge is -2.25. The Hall–Kier alpha value is -4.24. The minimum Gasteiger partial charge on any atom is -0.372 e. The molecule has 1 heterocycles. The Bertz CT molecular complexity index is 1480. The summed E-state index contributed by atoms with van der Waals surface area (Å²) in [6.45, 7) is 6.85. The van der Waals surface area contributed by atoms with Crippen molar-refractivity contribution in [2.24, 2.45) is 0 Å².